The van der Waals surface area contributed by atoms with Crippen LogP contribution in [-0.2, 0) is 4.79 Å². The number of hydrogen-bond acceptors (Lipinski definition) is 1. The van der Waals surface area contributed by atoms with Crippen LogP contribution < -0.4 is 0 Å². The van der Waals surface area contributed by atoms with Gasteiger partial charge in [0.05, 0.1) is 0 Å². The van der Waals surface area contributed by atoms with E-state index in [0.29, 0.717) is 11.8 Å². The van der Waals surface area contributed by atoms with Gasteiger partial charge >= 0.3 is 5.97 Å². The van der Waals surface area contributed by atoms with E-state index in [9.17, 15) is 4.79 Å². The first-order valence-corrected chi connectivity index (χ1v) is 7.76. The molecule has 0 unspecified atom stereocenters. The molecule has 108 valence electrons. The number of carbonyl (C=O) groups is 1. The van der Waals surface area contributed by atoms with Crippen molar-refractivity contribution in [1.82, 2.24) is 0 Å². The molecule has 2 heteroatoms. The average molecular weight is 256 g/mol. The maximum absolute atomic E-state index is 10.6. The molecule has 0 saturated carbocycles. The lowest BCUT2D eigenvalue weighted by atomic mass is 9.76. The molecule has 0 fully saturated rings. The summed E-state index contributed by atoms with van der Waals surface area (Å²) in [6.45, 7) is 6.83. The zero-order valence-corrected chi connectivity index (χ0v) is 12.6. The highest BCUT2D eigenvalue weighted by Gasteiger charge is 2.23. The van der Waals surface area contributed by atoms with Gasteiger partial charge in [0, 0.05) is 6.42 Å². The van der Waals surface area contributed by atoms with Crippen molar-refractivity contribution in [3.05, 3.63) is 0 Å². The zero-order valence-electron chi connectivity index (χ0n) is 12.6. The molecule has 0 bridgehead atoms. The molecule has 0 atom stereocenters. The van der Waals surface area contributed by atoms with Crippen LogP contribution in [0.4, 0.5) is 0 Å². The second-order valence-electron chi connectivity index (χ2n) is 5.97. The molecule has 0 amide bonds. The van der Waals surface area contributed by atoms with E-state index in [1.165, 1.54) is 51.4 Å². The van der Waals surface area contributed by atoms with Gasteiger partial charge in [0.25, 0.3) is 0 Å². The Morgan fingerprint density at radius 3 is 1.72 bits per heavy atom. The van der Waals surface area contributed by atoms with Crippen molar-refractivity contribution in [2.45, 2.75) is 91.4 Å². The van der Waals surface area contributed by atoms with Crippen LogP contribution in [0.1, 0.15) is 91.4 Å². The quantitative estimate of drug-likeness (QED) is 0.474. The highest BCUT2D eigenvalue weighted by molar-refractivity contribution is 5.66. The first-order chi connectivity index (χ1) is 8.54. The molecular formula is C16H32O2. The fraction of sp³-hybridized carbons (Fsp3) is 0.938. The van der Waals surface area contributed by atoms with E-state index in [2.05, 4.69) is 20.8 Å². The topological polar surface area (TPSA) is 37.3 Å². The number of aliphatic carboxylic acids is 1. The standard InChI is InChI=1S/C16H32O2/c1-4-6-8-12-16(3,13-9-7-5-2)14-10-11-15(17)18/h4-14H2,1-3H3,(H,17,18). The van der Waals surface area contributed by atoms with E-state index in [-0.39, 0.29) is 0 Å². The summed E-state index contributed by atoms with van der Waals surface area (Å²) in [6, 6.07) is 0. The van der Waals surface area contributed by atoms with Crippen molar-refractivity contribution in [1.29, 1.82) is 0 Å². The van der Waals surface area contributed by atoms with E-state index in [1.54, 1.807) is 0 Å². The lowest BCUT2D eigenvalue weighted by molar-refractivity contribution is -0.137. The summed E-state index contributed by atoms with van der Waals surface area (Å²) in [5, 5.41) is 8.74. The van der Waals surface area contributed by atoms with Crippen LogP contribution in [0, 0.1) is 5.41 Å². The lowest BCUT2D eigenvalue weighted by Crippen LogP contribution is -2.17. The zero-order chi connectivity index (χ0) is 13.9. The minimum absolute atomic E-state index is 0.331. The largest absolute Gasteiger partial charge is 0.481 e. The third-order valence-corrected chi connectivity index (χ3v) is 3.94. The van der Waals surface area contributed by atoms with Crippen LogP contribution in [0.25, 0.3) is 0 Å². The van der Waals surface area contributed by atoms with Crippen molar-refractivity contribution in [3.63, 3.8) is 0 Å². The van der Waals surface area contributed by atoms with E-state index in [4.69, 9.17) is 5.11 Å². The Balaban J connectivity index is 4.06. The molecule has 0 aromatic rings. The van der Waals surface area contributed by atoms with E-state index >= 15 is 0 Å². The highest BCUT2D eigenvalue weighted by atomic mass is 16.4. The van der Waals surface area contributed by atoms with Gasteiger partial charge in [0.15, 0.2) is 0 Å². The molecule has 0 heterocycles. The smallest absolute Gasteiger partial charge is 0.303 e. The molecule has 2 nitrogen and oxygen atoms in total. The Hall–Kier alpha value is -0.530. The highest BCUT2D eigenvalue weighted by Crippen LogP contribution is 2.36. The Morgan fingerprint density at radius 2 is 1.33 bits per heavy atom. The van der Waals surface area contributed by atoms with Gasteiger partial charge in [-0.25, -0.2) is 0 Å². The predicted octanol–water partition coefficient (Wildman–Crippen LogP) is 5.41. The summed E-state index contributed by atoms with van der Waals surface area (Å²) in [6.07, 6.45) is 12.5. The summed E-state index contributed by atoms with van der Waals surface area (Å²) in [5.74, 6) is -0.653. The third-order valence-electron chi connectivity index (χ3n) is 3.94. The SMILES string of the molecule is CCCCCC(C)(CCCCC)CCCC(=O)O. The minimum atomic E-state index is -0.653. The molecular weight excluding hydrogens is 224 g/mol. The third kappa shape index (κ3) is 9.49. The number of unbranched alkanes of at least 4 members (excludes halogenated alkanes) is 4. The first kappa shape index (κ1) is 17.5. The molecule has 0 aromatic carbocycles. The summed E-state index contributed by atoms with van der Waals surface area (Å²) in [4.78, 5) is 10.6. The molecule has 0 aliphatic heterocycles. The van der Waals surface area contributed by atoms with E-state index in [1.807, 2.05) is 0 Å². The molecule has 0 aliphatic rings. The van der Waals surface area contributed by atoms with Crippen LogP contribution in [0.3, 0.4) is 0 Å². The van der Waals surface area contributed by atoms with Gasteiger partial charge < -0.3 is 5.11 Å². The Bertz CT molecular complexity index is 201. The van der Waals surface area contributed by atoms with Crippen molar-refractivity contribution >= 4 is 5.97 Å². The molecule has 0 saturated heterocycles. The number of carboxylic acids is 1. The lowest BCUT2D eigenvalue weighted by Gasteiger charge is -2.30. The van der Waals surface area contributed by atoms with Gasteiger partial charge in [0.2, 0.25) is 0 Å². The average Bonchev–Trinajstić information content (AvgIpc) is 2.29. The van der Waals surface area contributed by atoms with Gasteiger partial charge in [-0.05, 0) is 31.1 Å². The van der Waals surface area contributed by atoms with Gasteiger partial charge in [-0.1, -0.05) is 59.3 Å². The Kier molecular flexibility index (Phi) is 10.1. The molecule has 1 N–H and O–H groups in total. The summed E-state index contributed by atoms with van der Waals surface area (Å²) < 4.78 is 0. The van der Waals surface area contributed by atoms with Gasteiger partial charge in [-0.2, -0.15) is 0 Å². The molecule has 18 heavy (non-hydrogen) atoms. The van der Waals surface area contributed by atoms with E-state index < -0.39 is 5.97 Å². The number of hydrogen-bond donors (Lipinski definition) is 1. The van der Waals surface area contributed by atoms with Gasteiger partial charge in [-0.3, -0.25) is 4.79 Å². The maximum Gasteiger partial charge on any atom is 0.303 e. The second-order valence-corrected chi connectivity index (χ2v) is 5.97. The van der Waals surface area contributed by atoms with Gasteiger partial charge in [0.1, 0.15) is 0 Å². The fourth-order valence-corrected chi connectivity index (χ4v) is 2.64. The maximum atomic E-state index is 10.6. The number of carboxylic acid groups (broad SMARTS) is 1. The first-order valence-electron chi connectivity index (χ1n) is 7.76. The monoisotopic (exact) mass is 256 g/mol. The van der Waals surface area contributed by atoms with Gasteiger partial charge in [-0.15, -0.1) is 0 Å². The normalized spacial score (nSPS) is 11.7. The van der Waals surface area contributed by atoms with Crippen molar-refractivity contribution in [2.24, 2.45) is 5.41 Å². The molecule has 0 radical (unpaired) electrons. The fourth-order valence-electron chi connectivity index (χ4n) is 2.64. The summed E-state index contributed by atoms with van der Waals surface area (Å²) in [5.41, 5.74) is 0.375. The van der Waals surface area contributed by atoms with Crippen LogP contribution in [0.5, 0.6) is 0 Å². The molecule has 0 rings (SSSR count). The Morgan fingerprint density at radius 1 is 0.889 bits per heavy atom. The number of rotatable bonds is 12. The second kappa shape index (κ2) is 10.4. The van der Waals surface area contributed by atoms with Crippen molar-refractivity contribution in [3.8, 4) is 0 Å². The van der Waals surface area contributed by atoms with Crippen LogP contribution in [0.15, 0.2) is 0 Å². The van der Waals surface area contributed by atoms with Crippen LogP contribution >= 0.6 is 0 Å². The summed E-state index contributed by atoms with van der Waals surface area (Å²) in [7, 11) is 0. The van der Waals surface area contributed by atoms with E-state index in [0.717, 1.165) is 12.8 Å². The van der Waals surface area contributed by atoms with Crippen LogP contribution in [-0.4, -0.2) is 11.1 Å². The van der Waals surface area contributed by atoms with Crippen LogP contribution in [0.2, 0.25) is 0 Å². The summed E-state index contributed by atoms with van der Waals surface area (Å²) >= 11 is 0. The Labute approximate surface area is 113 Å². The molecule has 0 aliphatic carbocycles. The predicted molar refractivity (Wildman–Crippen MR) is 77.9 cm³/mol. The minimum Gasteiger partial charge on any atom is -0.481 e. The van der Waals surface area contributed by atoms with Crippen molar-refractivity contribution < 1.29 is 9.90 Å². The molecule has 0 aromatic heterocycles. The van der Waals surface area contributed by atoms with Crippen molar-refractivity contribution in [2.75, 3.05) is 0 Å². The molecule has 0 spiro atoms.